The molecule has 1 atom stereocenters. The molecule has 0 aromatic rings. The first-order valence-corrected chi connectivity index (χ1v) is 5.99. The van der Waals surface area contributed by atoms with Crippen molar-refractivity contribution in [2.24, 2.45) is 5.41 Å². The lowest BCUT2D eigenvalue weighted by Crippen LogP contribution is -2.36. The zero-order valence-corrected chi connectivity index (χ0v) is 10.1. The monoisotopic (exact) mass is 224 g/mol. The summed E-state index contributed by atoms with van der Waals surface area (Å²) in [7, 11) is 0. The van der Waals surface area contributed by atoms with Crippen molar-refractivity contribution in [3.63, 3.8) is 0 Å². The molecule has 3 heteroatoms. The molecule has 1 saturated carbocycles. The maximum atomic E-state index is 12.0. The molecule has 1 unspecified atom stereocenters. The van der Waals surface area contributed by atoms with E-state index in [1.54, 1.807) is 0 Å². The average molecular weight is 224 g/mol. The molecule has 0 spiro atoms. The highest BCUT2D eigenvalue weighted by Crippen LogP contribution is 2.39. The van der Waals surface area contributed by atoms with Gasteiger partial charge in [-0.05, 0) is 32.6 Å². The number of rotatable bonds is 5. The highest BCUT2D eigenvalue weighted by atomic mass is 16.5. The highest BCUT2D eigenvalue weighted by molar-refractivity contribution is 6.05. The molecule has 3 nitrogen and oxygen atoms in total. The predicted molar refractivity (Wildman–Crippen MR) is 62.0 cm³/mol. The number of allylic oxidation sites excluding steroid dienone is 2. The molecule has 1 fully saturated rings. The van der Waals surface area contributed by atoms with Gasteiger partial charge in [0.2, 0.25) is 0 Å². The molecule has 90 valence electrons. The van der Waals surface area contributed by atoms with Gasteiger partial charge in [-0.1, -0.05) is 19.1 Å². The first kappa shape index (κ1) is 12.9. The Bertz CT molecular complexity index is 294. The van der Waals surface area contributed by atoms with Gasteiger partial charge in [0.15, 0.2) is 5.78 Å². The quantitative estimate of drug-likeness (QED) is 0.409. The largest absolute Gasteiger partial charge is 0.465 e. The first-order valence-electron chi connectivity index (χ1n) is 5.99. The van der Waals surface area contributed by atoms with E-state index in [9.17, 15) is 9.59 Å². The Morgan fingerprint density at radius 1 is 1.56 bits per heavy atom. The van der Waals surface area contributed by atoms with E-state index >= 15 is 0 Å². The van der Waals surface area contributed by atoms with Crippen LogP contribution in [0.1, 0.15) is 46.0 Å². The van der Waals surface area contributed by atoms with E-state index < -0.39 is 5.41 Å². The third-order valence-corrected chi connectivity index (χ3v) is 3.07. The van der Waals surface area contributed by atoms with Crippen LogP contribution in [0.4, 0.5) is 0 Å². The molecule has 0 amide bonds. The van der Waals surface area contributed by atoms with Gasteiger partial charge in [0, 0.05) is 6.42 Å². The Morgan fingerprint density at radius 2 is 2.31 bits per heavy atom. The van der Waals surface area contributed by atoms with E-state index in [1.807, 2.05) is 26.0 Å². The zero-order chi connectivity index (χ0) is 12.0. The summed E-state index contributed by atoms with van der Waals surface area (Å²) in [6, 6.07) is 0. The van der Waals surface area contributed by atoms with Crippen LogP contribution in [-0.4, -0.2) is 18.4 Å². The number of carbonyl (C=O) groups excluding carboxylic acids is 2. The van der Waals surface area contributed by atoms with Crippen LogP contribution < -0.4 is 0 Å². The molecule has 0 bridgehead atoms. The summed E-state index contributed by atoms with van der Waals surface area (Å²) in [5.41, 5.74) is -0.873. The summed E-state index contributed by atoms with van der Waals surface area (Å²) in [6.45, 7) is 4.25. The number of carbonyl (C=O) groups is 2. The molecule has 0 aromatic carbocycles. The van der Waals surface area contributed by atoms with Crippen LogP contribution in [0.5, 0.6) is 0 Å². The smallest absolute Gasteiger partial charge is 0.319 e. The lowest BCUT2D eigenvalue weighted by atomic mass is 9.81. The molecule has 0 N–H and O–H groups in total. The second-order valence-electron chi connectivity index (χ2n) is 4.27. The SMILES string of the molecule is CC=CCC1(C(=O)OCCC)CCCC1=O. The molecule has 0 heterocycles. The van der Waals surface area contributed by atoms with Crippen LogP contribution in [-0.2, 0) is 14.3 Å². The number of esters is 1. The van der Waals surface area contributed by atoms with Gasteiger partial charge >= 0.3 is 5.97 Å². The van der Waals surface area contributed by atoms with Gasteiger partial charge in [-0.15, -0.1) is 0 Å². The number of ether oxygens (including phenoxy) is 1. The molecule has 1 aliphatic carbocycles. The fraction of sp³-hybridized carbons (Fsp3) is 0.692. The zero-order valence-electron chi connectivity index (χ0n) is 10.1. The second kappa shape index (κ2) is 5.83. The minimum atomic E-state index is -0.873. The lowest BCUT2D eigenvalue weighted by molar-refractivity contribution is -0.159. The van der Waals surface area contributed by atoms with Crippen molar-refractivity contribution < 1.29 is 14.3 Å². The van der Waals surface area contributed by atoms with Gasteiger partial charge in [-0.2, -0.15) is 0 Å². The fourth-order valence-electron chi connectivity index (χ4n) is 2.10. The Morgan fingerprint density at radius 3 is 2.81 bits per heavy atom. The van der Waals surface area contributed by atoms with Crippen LogP contribution in [0.2, 0.25) is 0 Å². The third-order valence-electron chi connectivity index (χ3n) is 3.07. The average Bonchev–Trinajstić information content (AvgIpc) is 2.66. The van der Waals surface area contributed by atoms with E-state index in [4.69, 9.17) is 4.74 Å². The molecule has 0 radical (unpaired) electrons. The molecule has 0 aromatic heterocycles. The van der Waals surface area contributed by atoms with Gasteiger partial charge in [0.1, 0.15) is 5.41 Å². The van der Waals surface area contributed by atoms with Crippen molar-refractivity contribution in [2.45, 2.75) is 46.0 Å². The first-order chi connectivity index (χ1) is 7.67. The molecular weight excluding hydrogens is 204 g/mol. The lowest BCUT2D eigenvalue weighted by Gasteiger charge is -2.23. The standard InChI is InChI=1S/C13H20O3/c1-3-5-8-13(9-6-7-11(13)14)12(15)16-10-4-2/h3,5H,4,6-10H2,1-2H3. The topological polar surface area (TPSA) is 43.4 Å². The summed E-state index contributed by atoms with van der Waals surface area (Å²) >= 11 is 0. The minimum absolute atomic E-state index is 0.0479. The van der Waals surface area contributed by atoms with Crippen LogP contribution >= 0.6 is 0 Å². The predicted octanol–water partition coefficient (Wildman–Crippen LogP) is 2.65. The van der Waals surface area contributed by atoms with E-state index in [0.717, 1.165) is 12.8 Å². The number of ketones is 1. The third kappa shape index (κ3) is 2.52. The van der Waals surface area contributed by atoms with Crippen molar-refractivity contribution in [1.82, 2.24) is 0 Å². The molecule has 0 aliphatic heterocycles. The summed E-state index contributed by atoms with van der Waals surface area (Å²) in [5, 5.41) is 0. The van der Waals surface area contributed by atoms with Crippen molar-refractivity contribution in [3.05, 3.63) is 12.2 Å². The van der Waals surface area contributed by atoms with Gasteiger partial charge in [0.05, 0.1) is 6.61 Å². The Kier molecular flexibility index (Phi) is 4.71. The molecular formula is C13H20O3. The summed E-state index contributed by atoms with van der Waals surface area (Å²) < 4.78 is 5.15. The van der Waals surface area contributed by atoms with E-state index in [0.29, 0.717) is 25.9 Å². The fourth-order valence-corrected chi connectivity index (χ4v) is 2.10. The van der Waals surface area contributed by atoms with Crippen LogP contribution in [0.3, 0.4) is 0 Å². The van der Waals surface area contributed by atoms with Crippen LogP contribution in [0, 0.1) is 5.41 Å². The van der Waals surface area contributed by atoms with Crippen LogP contribution in [0.25, 0.3) is 0 Å². The van der Waals surface area contributed by atoms with Crippen molar-refractivity contribution in [3.8, 4) is 0 Å². The van der Waals surface area contributed by atoms with Gasteiger partial charge in [-0.3, -0.25) is 9.59 Å². The molecule has 1 aliphatic rings. The van der Waals surface area contributed by atoms with Gasteiger partial charge < -0.3 is 4.74 Å². The minimum Gasteiger partial charge on any atom is -0.465 e. The molecule has 1 rings (SSSR count). The van der Waals surface area contributed by atoms with E-state index in [-0.39, 0.29) is 11.8 Å². The highest BCUT2D eigenvalue weighted by Gasteiger charge is 2.48. The normalized spacial score (nSPS) is 25.2. The molecule has 0 saturated heterocycles. The van der Waals surface area contributed by atoms with Crippen LogP contribution in [0.15, 0.2) is 12.2 Å². The Hall–Kier alpha value is -1.12. The number of hydrogen-bond acceptors (Lipinski definition) is 3. The van der Waals surface area contributed by atoms with Crippen molar-refractivity contribution in [1.29, 1.82) is 0 Å². The van der Waals surface area contributed by atoms with E-state index in [2.05, 4.69) is 0 Å². The maximum Gasteiger partial charge on any atom is 0.319 e. The second-order valence-corrected chi connectivity index (χ2v) is 4.27. The molecule has 16 heavy (non-hydrogen) atoms. The maximum absolute atomic E-state index is 12.0. The number of hydrogen-bond donors (Lipinski definition) is 0. The van der Waals surface area contributed by atoms with Crippen molar-refractivity contribution >= 4 is 11.8 Å². The Labute approximate surface area is 96.9 Å². The summed E-state index contributed by atoms with van der Waals surface area (Å²) in [4.78, 5) is 23.8. The van der Waals surface area contributed by atoms with Gasteiger partial charge in [-0.25, -0.2) is 0 Å². The summed E-state index contributed by atoms with van der Waals surface area (Å²) in [5.74, 6) is -0.276. The van der Waals surface area contributed by atoms with Crippen molar-refractivity contribution in [2.75, 3.05) is 6.61 Å². The van der Waals surface area contributed by atoms with Gasteiger partial charge in [0.25, 0.3) is 0 Å². The number of Topliss-reactive ketones (excluding diaryl/α,β-unsaturated/α-hetero) is 1. The van der Waals surface area contributed by atoms with E-state index in [1.165, 1.54) is 0 Å². The Balaban J connectivity index is 2.78. The summed E-state index contributed by atoms with van der Waals surface area (Å²) in [6.07, 6.45) is 7.00.